The van der Waals surface area contributed by atoms with Gasteiger partial charge < -0.3 is 89.7 Å². The van der Waals surface area contributed by atoms with E-state index in [4.69, 9.17) is 28.4 Å². The van der Waals surface area contributed by atoms with Gasteiger partial charge in [-0.3, -0.25) is 0 Å². The third-order valence-electron chi connectivity index (χ3n) is 8.20. The van der Waals surface area contributed by atoms with E-state index in [9.17, 15) is 61.3 Å². The summed E-state index contributed by atoms with van der Waals surface area (Å²) in [4.78, 5) is 0. The minimum absolute atomic E-state index is 0.586. The molecule has 0 aliphatic carbocycles. The van der Waals surface area contributed by atoms with E-state index in [1.54, 1.807) is 0 Å². The van der Waals surface area contributed by atoms with E-state index in [1.165, 1.54) is 0 Å². The molecule has 0 saturated carbocycles. The number of thiol groups is 2. The van der Waals surface area contributed by atoms with Crippen molar-refractivity contribution in [1.82, 2.24) is 0 Å². The molecule has 4 aliphatic heterocycles. The highest BCUT2D eigenvalue weighted by molar-refractivity contribution is 8.00. The SMILES string of the molecule is OC[C@H]1O[C@@H](O[C@H]2[C@H](O)[C@@H](O)[C@H](S[C@H]3[C@H](O)[C@@H](O)[C@H](O[C@H]4[C@H](O)[C@@H](O)[C@H](S)O[C@@H]4CO)O[C@@H]3CO)O[C@@H]2CO)[C@H](O)[C@@H](O)[C@@H]1S. The maximum atomic E-state index is 11.0. The highest BCUT2D eigenvalue weighted by atomic mass is 32.2. The van der Waals surface area contributed by atoms with Gasteiger partial charge in [0.05, 0.1) is 61.3 Å². The minimum Gasteiger partial charge on any atom is -0.394 e. The first-order chi connectivity index (χ1) is 21.3. The molecule has 0 bridgehead atoms. The highest BCUT2D eigenvalue weighted by Crippen LogP contribution is 2.40. The Bertz CT molecular complexity index is 923. The molecule has 0 amide bonds. The van der Waals surface area contributed by atoms with Gasteiger partial charge in [0.25, 0.3) is 0 Å². The highest BCUT2D eigenvalue weighted by Gasteiger charge is 2.54. The Balaban J connectivity index is 1.43. The first-order valence-electron chi connectivity index (χ1n) is 14.1. The van der Waals surface area contributed by atoms with Crippen LogP contribution in [0.25, 0.3) is 0 Å². The van der Waals surface area contributed by atoms with Gasteiger partial charge in [-0.2, -0.15) is 12.6 Å². The summed E-state index contributed by atoms with van der Waals surface area (Å²) in [6, 6.07) is 0. The molecule has 0 spiro atoms. The predicted octanol–water partition coefficient (Wildman–Crippen LogP) is -7.16. The van der Waals surface area contributed by atoms with Crippen LogP contribution in [0, 0.1) is 0 Å². The molecule has 18 nitrogen and oxygen atoms in total. The van der Waals surface area contributed by atoms with Gasteiger partial charge in [-0.1, -0.05) is 0 Å². The molecule has 20 atom stereocenters. The average Bonchev–Trinajstić information content (AvgIpc) is 3.03. The van der Waals surface area contributed by atoms with Gasteiger partial charge in [0.15, 0.2) is 12.6 Å². The molecular formula is C24H42O18S3. The second kappa shape index (κ2) is 16.4. The van der Waals surface area contributed by atoms with Crippen LogP contribution in [0.2, 0.25) is 0 Å². The monoisotopic (exact) mass is 714 g/mol. The molecule has 45 heavy (non-hydrogen) atoms. The van der Waals surface area contributed by atoms with Crippen LogP contribution in [0.1, 0.15) is 0 Å². The number of aliphatic hydroxyl groups is 12. The molecule has 0 aromatic rings. The fourth-order valence-corrected chi connectivity index (χ4v) is 7.71. The van der Waals surface area contributed by atoms with Gasteiger partial charge in [-0.15, -0.1) is 24.4 Å². The molecular weight excluding hydrogens is 672 g/mol. The average molecular weight is 715 g/mol. The number of aliphatic hydroxyl groups excluding tert-OH is 12. The van der Waals surface area contributed by atoms with Crippen molar-refractivity contribution in [3.8, 4) is 0 Å². The lowest BCUT2D eigenvalue weighted by molar-refractivity contribution is -0.321. The smallest absolute Gasteiger partial charge is 0.187 e. The summed E-state index contributed by atoms with van der Waals surface area (Å²) in [5.41, 5.74) is -2.57. The van der Waals surface area contributed by atoms with Crippen LogP contribution >= 0.6 is 37.0 Å². The number of hydrogen-bond acceptors (Lipinski definition) is 21. The minimum atomic E-state index is -1.84. The van der Waals surface area contributed by atoms with Gasteiger partial charge >= 0.3 is 0 Å². The second-order valence-corrected chi connectivity index (χ2v) is 13.5. The van der Waals surface area contributed by atoms with Crippen molar-refractivity contribution in [3.05, 3.63) is 0 Å². The summed E-state index contributed by atoms with van der Waals surface area (Å²) < 4.78 is 33.3. The summed E-state index contributed by atoms with van der Waals surface area (Å²) in [7, 11) is 0. The van der Waals surface area contributed by atoms with Crippen molar-refractivity contribution in [2.75, 3.05) is 26.4 Å². The summed E-state index contributed by atoms with van der Waals surface area (Å²) in [5, 5.41) is 122. The molecule has 264 valence electrons. The van der Waals surface area contributed by atoms with Crippen molar-refractivity contribution in [2.24, 2.45) is 0 Å². The molecule has 4 rings (SSSR count). The molecule has 0 radical (unpaired) electrons. The maximum absolute atomic E-state index is 11.0. The lowest BCUT2D eigenvalue weighted by Gasteiger charge is -2.48. The Morgan fingerprint density at radius 2 is 0.956 bits per heavy atom. The molecule has 4 aliphatic rings. The van der Waals surface area contributed by atoms with E-state index in [-0.39, 0.29) is 0 Å². The Morgan fingerprint density at radius 1 is 0.489 bits per heavy atom. The summed E-state index contributed by atoms with van der Waals surface area (Å²) >= 11 is 8.74. The topological polar surface area (TPSA) is 298 Å². The largest absolute Gasteiger partial charge is 0.394 e. The Kier molecular flexibility index (Phi) is 13.9. The standard InChI is InChI=1S/C24H42O18S3/c25-1-5-17(9(29)15(35)23(44)39-5)41-22-14(34)12(32)20(8(4-28)38-22)45-24-16(36)10(30)18(6(2-26)40-24)42-21-13(33)11(31)19(43)7(3-27)37-21/h5-36,43-44H,1-4H2/t5-,6-,7-,8-,9-,10-,11-,12-,13-,14-,15-,16-,17-,18-,19-,20-,21+,22+,23+,24+/m1/s1. The van der Waals surface area contributed by atoms with Crippen LogP contribution in [0.5, 0.6) is 0 Å². The normalized spacial score (nSPS) is 52.9. The van der Waals surface area contributed by atoms with Gasteiger partial charge in [-0.25, -0.2) is 0 Å². The molecule has 4 heterocycles. The number of hydrogen-bond donors (Lipinski definition) is 14. The third kappa shape index (κ3) is 7.89. The summed E-state index contributed by atoms with van der Waals surface area (Å²) in [5.74, 6) is 0. The van der Waals surface area contributed by atoms with Crippen LogP contribution in [0.3, 0.4) is 0 Å². The van der Waals surface area contributed by atoms with Gasteiger partial charge in [0.1, 0.15) is 71.9 Å². The molecule has 4 fully saturated rings. The van der Waals surface area contributed by atoms with Crippen LogP contribution in [-0.2, 0) is 28.4 Å². The van der Waals surface area contributed by atoms with E-state index < -0.39 is 146 Å². The van der Waals surface area contributed by atoms with Crippen LogP contribution in [0.15, 0.2) is 0 Å². The lowest BCUT2D eigenvalue weighted by atomic mass is 9.98. The first kappa shape index (κ1) is 38.1. The van der Waals surface area contributed by atoms with Crippen molar-refractivity contribution in [3.63, 3.8) is 0 Å². The number of thioether (sulfide) groups is 1. The van der Waals surface area contributed by atoms with E-state index in [1.807, 2.05) is 0 Å². The Labute approximate surface area is 272 Å². The lowest BCUT2D eigenvalue weighted by Crippen LogP contribution is -2.65. The van der Waals surface area contributed by atoms with Gasteiger partial charge in [0.2, 0.25) is 0 Å². The summed E-state index contributed by atoms with van der Waals surface area (Å²) in [6.07, 6.45) is -24.7. The number of rotatable bonds is 10. The second-order valence-electron chi connectivity index (χ2n) is 11.1. The fraction of sp³-hybridized carbons (Fsp3) is 1.00. The van der Waals surface area contributed by atoms with Crippen LogP contribution in [-0.4, -0.2) is 207 Å². The Morgan fingerprint density at radius 3 is 1.49 bits per heavy atom. The zero-order valence-electron chi connectivity index (χ0n) is 23.5. The van der Waals surface area contributed by atoms with Crippen molar-refractivity contribution in [2.45, 2.75) is 119 Å². The zero-order valence-corrected chi connectivity index (χ0v) is 26.1. The first-order valence-corrected chi connectivity index (χ1v) is 16.1. The van der Waals surface area contributed by atoms with Crippen LogP contribution < -0.4 is 0 Å². The molecule has 12 N–H and O–H groups in total. The third-order valence-corrected chi connectivity index (χ3v) is 10.8. The maximum Gasteiger partial charge on any atom is 0.187 e. The van der Waals surface area contributed by atoms with E-state index in [0.717, 1.165) is 0 Å². The van der Waals surface area contributed by atoms with Crippen molar-refractivity contribution in [1.29, 1.82) is 0 Å². The fourth-order valence-electron chi connectivity index (χ4n) is 5.55. The quantitative estimate of drug-likeness (QED) is 0.0935. The summed E-state index contributed by atoms with van der Waals surface area (Å²) in [6.45, 7) is -2.79. The molecule has 21 heteroatoms. The van der Waals surface area contributed by atoms with E-state index in [0.29, 0.717) is 11.8 Å². The van der Waals surface area contributed by atoms with E-state index in [2.05, 4.69) is 25.3 Å². The van der Waals surface area contributed by atoms with Gasteiger partial charge in [0, 0.05) is 0 Å². The predicted molar refractivity (Wildman–Crippen MR) is 154 cm³/mol. The molecule has 4 saturated heterocycles. The van der Waals surface area contributed by atoms with Crippen LogP contribution in [0.4, 0.5) is 0 Å². The Hall–Kier alpha value is 0.330. The molecule has 0 aromatic heterocycles. The van der Waals surface area contributed by atoms with Crippen molar-refractivity contribution >= 4 is 37.0 Å². The van der Waals surface area contributed by atoms with Gasteiger partial charge in [-0.05, 0) is 0 Å². The van der Waals surface area contributed by atoms with Crippen molar-refractivity contribution < 1.29 is 89.7 Å². The zero-order chi connectivity index (χ0) is 33.3. The van der Waals surface area contributed by atoms with E-state index >= 15 is 0 Å². The molecule has 0 unspecified atom stereocenters. The number of ether oxygens (including phenoxy) is 6. The molecule has 0 aromatic carbocycles.